The summed E-state index contributed by atoms with van der Waals surface area (Å²) >= 11 is 0. The molecule has 0 aromatic rings. The molecule has 5 nitrogen and oxygen atoms in total. The molecule has 0 aliphatic carbocycles. The van der Waals surface area contributed by atoms with Gasteiger partial charge >= 0.3 is 12.1 Å². The molecule has 2 N–H and O–H groups in total. The Kier molecular flexibility index (Phi) is 8.69. The third-order valence-electron chi connectivity index (χ3n) is 2.66. The lowest BCUT2D eigenvalue weighted by atomic mass is 10.0. The van der Waals surface area contributed by atoms with Crippen LogP contribution in [0, 0.1) is 5.92 Å². The number of carbonyl (C=O) groups is 2. The number of rotatable bonds is 8. The maximum atomic E-state index is 11.8. The first-order valence-electron chi connectivity index (χ1n) is 7.38. The van der Waals surface area contributed by atoms with Crippen molar-refractivity contribution in [3.05, 3.63) is 0 Å². The Morgan fingerprint density at radius 3 is 2.14 bits per heavy atom. The van der Waals surface area contributed by atoms with E-state index in [9.17, 15) is 14.7 Å². The number of hydrogen-bond acceptors (Lipinski definition) is 5. The van der Waals surface area contributed by atoms with Crippen LogP contribution in [0.1, 0.15) is 54.9 Å². The van der Waals surface area contributed by atoms with Gasteiger partial charge in [0.1, 0.15) is 11.6 Å². The highest BCUT2D eigenvalue weighted by Crippen LogP contribution is 2.39. The normalized spacial score (nSPS) is 13.8. The van der Waals surface area contributed by atoms with Gasteiger partial charge in [-0.1, -0.05) is 35.4 Å². The number of alkyl carbamates (subject to hydrolysis) is 1. The van der Waals surface area contributed by atoms with Gasteiger partial charge in [0.25, 0.3) is 0 Å². The molecule has 0 aromatic carbocycles. The highest BCUT2D eigenvalue weighted by molar-refractivity contribution is 8.77. The molecule has 0 heterocycles. The zero-order chi connectivity index (χ0) is 17.6. The predicted octanol–water partition coefficient (Wildman–Crippen LogP) is 4.17. The van der Waals surface area contributed by atoms with Gasteiger partial charge in [-0.3, -0.25) is 0 Å². The summed E-state index contributed by atoms with van der Waals surface area (Å²) in [6, 6.07) is -1.01. The number of carboxylic acids is 1. The lowest BCUT2D eigenvalue weighted by Crippen LogP contribution is -2.53. The minimum Gasteiger partial charge on any atom is -0.480 e. The van der Waals surface area contributed by atoms with E-state index >= 15 is 0 Å². The van der Waals surface area contributed by atoms with Gasteiger partial charge in [0.15, 0.2) is 0 Å². The van der Waals surface area contributed by atoms with Crippen LogP contribution < -0.4 is 5.32 Å². The molecule has 130 valence electrons. The Morgan fingerprint density at radius 2 is 1.73 bits per heavy atom. The van der Waals surface area contributed by atoms with E-state index < -0.39 is 28.5 Å². The van der Waals surface area contributed by atoms with E-state index in [-0.39, 0.29) is 0 Å². The molecule has 1 amide bonds. The maximum absolute atomic E-state index is 11.8. The average molecular weight is 352 g/mol. The highest BCUT2D eigenvalue weighted by Gasteiger charge is 2.38. The van der Waals surface area contributed by atoms with Crippen LogP contribution in [0.25, 0.3) is 0 Å². The van der Waals surface area contributed by atoms with Gasteiger partial charge in [-0.15, -0.1) is 0 Å². The summed E-state index contributed by atoms with van der Waals surface area (Å²) in [5.74, 6) is 0.504. The molecule has 0 aliphatic rings. The minimum atomic E-state index is -1.06. The number of amides is 1. The summed E-state index contributed by atoms with van der Waals surface area (Å²) in [5.41, 5.74) is -0.656. The molecule has 0 unspecified atom stereocenters. The second-order valence-electron chi connectivity index (χ2n) is 7.11. The van der Waals surface area contributed by atoms with Crippen molar-refractivity contribution in [3.63, 3.8) is 0 Å². The Hall–Kier alpha value is -0.560. The van der Waals surface area contributed by atoms with Crippen LogP contribution in [-0.2, 0) is 9.53 Å². The summed E-state index contributed by atoms with van der Waals surface area (Å²) in [7, 11) is 3.12. The van der Waals surface area contributed by atoms with Crippen molar-refractivity contribution in [2.24, 2.45) is 5.92 Å². The van der Waals surface area contributed by atoms with Crippen LogP contribution in [0.4, 0.5) is 4.79 Å². The number of carboxylic acid groups (broad SMARTS) is 1. The van der Waals surface area contributed by atoms with Crippen LogP contribution in [-0.4, -0.2) is 39.3 Å². The lowest BCUT2D eigenvalue weighted by Gasteiger charge is -2.31. The molecular weight excluding hydrogens is 322 g/mol. The smallest absolute Gasteiger partial charge is 0.408 e. The van der Waals surface area contributed by atoms with Gasteiger partial charge in [0, 0.05) is 5.75 Å². The summed E-state index contributed by atoms with van der Waals surface area (Å²) in [4.78, 5) is 23.3. The standard InChI is InChI=1S/C15H29NO4S2/c1-10(2)8-9-21-22-15(6,7)11(12(17)18)16-13(19)20-14(3,4)5/h10-11H,8-9H2,1-7H3,(H,16,19)(H,17,18)/t11-/m0/s1. The molecule has 0 rings (SSSR count). The molecule has 7 heteroatoms. The van der Waals surface area contributed by atoms with E-state index in [2.05, 4.69) is 19.2 Å². The fraction of sp³-hybridized carbons (Fsp3) is 0.867. The van der Waals surface area contributed by atoms with Crippen molar-refractivity contribution >= 4 is 33.7 Å². The van der Waals surface area contributed by atoms with Gasteiger partial charge in [0.05, 0.1) is 4.75 Å². The first kappa shape index (κ1) is 21.4. The maximum Gasteiger partial charge on any atom is 0.408 e. The van der Waals surface area contributed by atoms with E-state index in [0.717, 1.165) is 12.2 Å². The third-order valence-corrected chi connectivity index (χ3v) is 5.98. The number of nitrogens with one attached hydrogen (secondary N) is 1. The number of aliphatic carboxylic acids is 1. The van der Waals surface area contributed by atoms with Crippen LogP contribution in [0.2, 0.25) is 0 Å². The van der Waals surface area contributed by atoms with Crippen molar-refractivity contribution in [2.75, 3.05) is 5.75 Å². The molecule has 22 heavy (non-hydrogen) atoms. The van der Waals surface area contributed by atoms with Gasteiger partial charge in [-0.25, -0.2) is 9.59 Å². The summed E-state index contributed by atoms with van der Waals surface area (Å²) < 4.78 is 4.49. The van der Waals surface area contributed by atoms with Crippen LogP contribution >= 0.6 is 21.6 Å². The Bertz CT molecular complexity index is 378. The second kappa shape index (κ2) is 8.91. The van der Waals surface area contributed by atoms with Crippen LogP contribution in [0.15, 0.2) is 0 Å². The van der Waals surface area contributed by atoms with E-state index in [1.807, 2.05) is 13.8 Å². The Morgan fingerprint density at radius 1 is 1.18 bits per heavy atom. The molecule has 0 radical (unpaired) electrons. The SMILES string of the molecule is CC(C)CCSSC(C)(C)[C@@H](NC(=O)OC(C)(C)C)C(=O)O. The first-order valence-corrected chi connectivity index (χ1v) is 9.70. The lowest BCUT2D eigenvalue weighted by molar-refractivity contribution is -0.140. The monoisotopic (exact) mass is 351 g/mol. The predicted molar refractivity (Wildman–Crippen MR) is 94.4 cm³/mol. The molecule has 0 aliphatic heterocycles. The van der Waals surface area contributed by atoms with Gasteiger partial charge < -0.3 is 15.2 Å². The number of hydrogen-bond donors (Lipinski definition) is 2. The van der Waals surface area contributed by atoms with Crippen molar-refractivity contribution < 1.29 is 19.4 Å². The summed E-state index contributed by atoms with van der Waals surface area (Å²) in [6.45, 7) is 13.2. The van der Waals surface area contributed by atoms with Gasteiger partial charge in [0.2, 0.25) is 0 Å². The number of ether oxygens (including phenoxy) is 1. The minimum absolute atomic E-state index is 0.617. The van der Waals surface area contributed by atoms with E-state index in [0.29, 0.717) is 5.92 Å². The first-order chi connectivity index (χ1) is 9.85. The zero-order valence-corrected chi connectivity index (χ0v) is 16.2. The van der Waals surface area contributed by atoms with Gasteiger partial charge in [-0.05, 0) is 47.0 Å². The summed E-state index contributed by atoms with van der Waals surface area (Å²) in [5, 5.41) is 11.9. The second-order valence-corrected chi connectivity index (χ2v) is 10.2. The van der Waals surface area contributed by atoms with Crippen molar-refractivity contribution in [2.45, 2.75) is 71.3 Å². The topological polar surface area (TPSA) is 75.6 Å². The molecule has 0 fully saturated rings. The Balaban J connectivity index is 4.64. The van der Waals surface area contributed by atoms with Gasteiger partial charge in [-0.2, -0.15) is 0 Å². The van der Waals surface area contributed by atoms with Crippen molar-refractivity contribution in [3.8, 4) is 0 Å². The van der Waals surface area contributed by atoms with Crippen LogP contribution in [0.3, 0.4) is 0 Å². The molecule has 0 spiro atoms. The van der Waals surface area contributed by atoms with Crippen molar-refractivity contribution in [1.82, 2.24) is 5.32 Å². The molecule has 0 bridgehead atoms. The molecule has 0 saturated heterocycles. The molecule has 0 aromatic heterocycles. The average Bonchev–Trinajstić information content (AvgIpc) is 2.28. The fourth-order valence-electron chi connectivity index (χ4n) is 1.48. The quantitative estimate of drug-likeness (QED) is 0.505. The van der Waals surface area contributed by atoms with E-state index in [1.165, 1.54) is 10.8 Å². The van der Waals surface area contributed by atoms with Crippen molar-refractivity contribution in [1.29, 1.82) is 0 Å². The third kappa shape index (κ3) is 9.46. The molecule has 0 saturated carbocycles. The fourth-order valence-corrected chi connectivity index (χ4v) is 4.43. The Labute approximate surface area is 141 Å². The van der Waals surface area contributed by atoms with E-state index in [1.54, 1.807) is 31.6 Å². The van der Waals surface area contributed by atoms with Crippen LogP contribution in [0.5, 0.6) is 0 Å². The molecule has 1 atom stereocenters. The largest absolute Gasteiger partial charge is 0.480 e. The summed E-state index contributed by atoms with van der Waals surface area (Å²) in [6.07, 6.45) is 0.367. The zero-order valence-electron chi connectivity index (χ0n) is 14.6. The van der Waals surface area contributed by atoms with E-state index in [4.69, 9.17) is 4.74 Å². The highest BCUT2D eigenvalue weighted by atomic mass is 33.1. The number of carbonyl (C=O) groups excluding carboxylic acids is 1. The molecular formula is C15H29NO4S2.